The maximum atomic E-state index is 13.1. The number of nitrogens with zero attached hydrogens (tertiary/aromatic N) is 3. The first-order valence-corrected chi connectivity index (χ1v) is 11.3. The molecule has 0 bridgehead atoms. The van der Waals surface area contributed by atoms with Gasteiger partial charge in [-0.1, -0.05) is 6.07 Å². The summed E-state index contributed by atoms with van der Waals surface area (Å²) >= 11 is 0. The van der Waals surface area contributed by atoms with Crippen molar-refractivity contribution in [1.82, 2.24) is 14.8 Å². The van der Waals surface area contributed by atoms with Crippen LogP contribution in [0.4, 0.5) is 0 Å². The van der Waals surface area contributed by atoms with E-state index in [-0.39, 0.29) is 11.3 Å². The van der Waals surface area contributed by atoms with E-state index in [1.54, 1.807) is 42.6 Å². The number of hydrogen-bond donors (Lipinski definition) is 1. The number of pyridine rings is 1. The number of Topliss-reactive ketones (excluding diaryl/α,β-unsaturated/α-hetero) is 1. The molecule has 1 N–H and O–H groups in total. The zero-order valence-corrected chi connectivity index (χ0v) is 18.8. The van der Waals surface area contributed by atoms with Crippen molar-refractivity contribution in [1.29, 1.82) is 0 Å². The molecule has 2 aromatic rings. The summed E-state index contributed by atoms with van der Waals surface area (Å²) < 4.78 is 10.8. The van der Waals surface area contributed by atoms with E-state index in [2.05, 4.69) is 9.88 Å². The van der Waals surface area contributed by atoms with Gasteiger partial charge in [0.1, 0.15) is 17.6 Å². The first-order valence-electron chi connectivity index (χ1n) is 11.3. The fourth-order valence-electron chi connectivity index (χ4n) is 4.28. The second-order valence-corrected chi connectivity index (χ2v) is 8.01. The summed E-state index contributed by atoms with van der Waals surface area (Å²) in [5, 5.41) is 11.1. The van der Waals surface area contributed by atoms with Crippen LogP contribution in [0.2, 0.25) is 0 Å². The summed E-state index contributed by atoms with van der Waals surface area (Å²) in [5.74, 6) is -0.842. The molecule has 1 atom stereocenters. The molecule has 4 rings (SSSR count). The van der Waals surface area contributed by atoms with E-state index in [9.17, 15) is 14.7 Å². The lowest BCUT2D eigenvalue weighted by molar-refractivity contribution is -0.140. The van der Waals surface area contributed by atoms with Crippen LogP contribution >= 0.6 is 0 Å². The fraction of sp³-hybridized carbons (Fsp3) is 0.400. The molecule has 1 aromatic carbocycles. The number of ketones is 1. The SMILES string of the molecule is CCOc1ccc(C(O)=C2C(=O)C(=O)N(CCCN3CCOCC3)[C@H]2c2ccccn2)cc1. The number of ether oxygens (including phenoxy) is 2. The number of carbonyl (C=O) groups is 2. The van der Waals surface area contributed by atoms with Crippen LogP contribution < -0.4 is 4.74 Å². The second kappa shape index (κ2) is 10.6. The number of amides is 1. The van der Waals surface area contributed by atoms with Crippen molar-refractivity contribution < 1.29 is 24.2 Å². The fourth-order valence-corrected chi connectivity index (χ4v) is 4.28. The Morgan fingerprint density at radius 1 is 1.12 bits per heavy atom. The van der Waals surface area contributed by atoms with E-state index in [0.717, 1.165) is 19.6 Å². The van der Waals surface area contributed by atoms with Crippen molar-refractivity contribution >= 4 is 17.4 Å². The topological polar surface area (TPSA) is 92.2 Å². The number of aromatic nitrogens is 1. The van der Waals surface area contributed by atoms with E-state index >= 15 is 0 Å². The molecule has 174 valence electrons. The third kappa shape index (κ3) is 5.07. The largest absolute Gasteiger partial charge is 0.507 e. The number of aliphatic hydroxyl groups is 1. The molecule has 0 radical (unpaired) electrons. The van der Waals surface area contributed by atoms with Crippen molar-refractivity contribution in [3.8, 4) is 5.75 Å². The van der Waals surface area contributed by atoms with Gasteiger partial charge in [0, 0.05) is 37.9 Å². The minimum Gasteiger partial charge on any atom is -0.507 e. The number of hydrogen-bond acceptors (Lipinski definition) is 7. The Balaban J connectivity index is 1.62. The summed E-state index contributed by atoms with van der Waals surface area (Å²) in [6.07, 6.45) is 2.33. The molecule has 2 fully saturated rings. The van der Waals surface area contributed by atoms with Crippen molar-refractivity contribution in [3.63, 3.8) is 0 Å². The molecule has 8 heteroatoms. The van der Waals surface area contributed by atoms with Gasteiger partial charge in [0.25, 0.3) is 11.7 Å². The molecule has 0 spiro atoms. The Bertz CT molecular complexity index is 1000. The van der Waals surface area contributed by atoms with Gasteiger partial charge in [-0.05, 0) is 49.7 Å². The van der Waals surface area contributed by atoms with Gasteiger partial charge in [-0.15, -0.1) is 0 Å². The average molecular weight is 452 g/mol. The van der Waals surface area contributed by atoms with Crippen molar-refractivity contribution in [2.24, 2.45) is 0 Å². The molecule has 0 saturated carbocycles. The summed E-state index contributed by atoms with van der Waals surface area (Å²) in [6, 6.07) is 11.5. The Labute approximate surface area is 193 Å². The highest BCUT2D eigenvalue weighted by atomic mass is 16.5. The molecule has 33 heavy (non-hydrogen) atoms. The third-order valence-electron chi connectivity index (χ3n) is 5.92. The lowest BCUT2D eigenvalue weighted by atomic mass is 9.98. The highest BCUT2D eigenvalue weighted by Crippen LogP contribution is 2.38. The standard InChI is InChI=1S/C25H29N3O5/c1-2-33-19-9-7-18(8-10-19)23(29)21-22(20-6-3-4-11-26-20)28(25(31)24(21)30)13-5-12-27-14-16-32-17-15-27/h3-4,6-11,22,29H,2,5,12-17H2,1H3/t22-/m0/s1. The lowest BCUT2D eigenvalue weighted by Gasteiger charge is -2.28. The number of aliphatic hydroxyl groups excluding tert-OH is 1. The van der Waals surface area contributed by atoms with E-state index in [1.807, 2.05) is 13.0 Å². The smallest absolute Gasteiger partial charge is 0.295 e. The molecule has 8 nitrogen and oxygen atoms in total. The van der Waals surface area contributed by atoms with Crippen LogP contribution in [0.5, 0.6) is 5.75 Å². The second-order valence-electron chi connectivity index (χ2n) is 8.01. The minimum atomic E-state index is -0.734. The van der Waals surface area contributed by atoms with Crippen LogP contribution in [-0.4, -0.2) is 77.6 Å². The predicted octanol–water partition coefficient (Wildman–Crippen LogP) is 2.62. The van der Waals surface area contributed by atoms with Gasteiger partial charge in [-0.3, -0.25) is 19.5 Å². The Morgan fingerprint density at radius 3 is 2.55 bits per heavy atom. The summed E-state index contributed by atoms with van der Waals surface area (Å²) in [4.78, 5) is 34.3. The Morgan fingerprint density at radius 2 is 1.88 bits per heavy atom. The summed E-state index contributed by atoms with van der Waals surface area (Å²) in [7, 11) is 0. The first kappa shape index (κ1) is 22.9. The Hall–Kier alpha value is -3.23. The molecule has 1 aromatic heterocycles. The maximum absolute atomic E-state index is 13.1. The first-order chi connectivity index (χ1) is 16.1. The number of morpholine rings is 1. The zero-order valence-electron chi connectivity index (χ0n) is 18.8. The van der Waals surface area contributed by atoms with Gasteiger partial charge in [0.05, 0.1) is 31.1 Å². The van der Waals surface area contributed by atoms with Crippen LogP contribution in [0.3, 0.4) is 0 Å². The number of carbonyl (C=O) groups excluding carboxylic acids is 2. The van der Waals surface area contributed by atoms with E-state index in [0.29, 0.717) is 49.8 Å². The molecule has 0 unspecified atom stereocenters. The van der Waals surface area contributed by atoms with Gasteiger partial charge < -0.3 is 19.5 Å². The number of benzene rings is 1. The highest BCUT2D eigenvalue weighted by Gasteiger charge is 2.46. The van der Waals surface area contributed by atoms with Crippen LogP contribution in [0.25, 0.3) is 5.76 Å². The lowest BCUT2D eigenvalue weighted by Crippen LogP contribution is -2.39. The molecule has 2 aliphatic heterocycles. The van der Waals surface area contributed by atoms with Gasteiger partial charge >= 0.3 is 0 Å². The quantitative estimate of drug-likeness (QED) is 0.375. The van der Waals surface area contributed by atoms with Crippen molar-refractivity contribution in [3.05, 3.63) is 65.5 Å². The van der Waals surface area contributed by atoms with E-state index in [1.165, 1.54) is 4.90 Å². The molecule has 0 aliphatic carbocycles. The Kier molecular flexibility index (Phi) is 7.36. The monoisotopic (exact) mass is 451 g/mol. The van der Waals surface area contributed by atoms with Crippen molar-refractivity contribution in [2.45, 2.75) is 19.4 Å². The van der Waals surface area contributed by atoms with Crippen LogP contribution in [0, 0.1) is 0 Å². The molecular weight excluding hydrogens is 422 g/mol. The van der Waals surface area contributed by atoms with E-state index in [4.69, 9.17) is 9.47 Å². The molecular formula is C25H29N3O5. The van der Waals surface area contributed by atoms with E-state index < -0.39 is 17.7 Å². The van der Waals surface area contributed by atoms with Crippen LogP contribution in [-0.2, 0) is 14.3 Å². The van der Waals surface area contributed by atoms with Crippen molar-refractivity contribution in [2.75, 3.05) is 46.0 Å². The zero-order chi connectivity index (χ0) is 23.2. The van der Waals surface area contributed by atoms with Gasteiger partial charge in [-0.2, -0.15) is 0 Å². The summed E-state index contributed by atoms with van der Waals surface area (Å²) in [6.45, 7) is 6.76. The highest BCUT2D eigenvalue weighted by molar-refractivity contribution is 6.46. The molecule has 2 aliphatic rings. The van der Waals surface area contributed by atoms with Gasteiger partial charge in [0.15, 0.2) is 0 Å². The van der Waals surface area contributed by atoms with Gasteiger partial charge in [-0.25, -0.2) is 0 Å². The number of rotatable bonds is 8. The normalized spacial score (nSPS) is 20.9. The predicted molar refractivity (Wildman–Crippen MR) is 123 cm³/mol. The molecule has 2 saturated heterocycles. The molecule has 1 amide bonds. The van der Waals surface area contributed by atoms with Crippen LogP contribution in [0.1, 0.15) is 30.6 Å². The third-order valence-corrected chi connectivity index (χ3v) is 5.92. The summed E-state index contributed by atoms with van der Waals surface area (Å²) in [5.41, 5.74) is 1.07. The number of likely N-dealkylation sites (tertiary alicyclic amines) is 1. The average Bonchev–Trinajstić information content (AvgIpc) is 3.10. The van der Waals surface area contributed by atoms with Crippen LogP contribution in [0.15, 0.2) is 54.2 Å². The molecule has 3 heterocycles. The minimum absolute atomic E-state index is 0.0641. The van der Waals surface area contributed by atoms with Gasteiger partial charge in [0.2, 0.25) is 0 Å². The maximum Gasteiger partial charge on any atom is 0.295 e.